The summed E-state index contributed by atoms with van der Waals surface area (Å²) in [6, 6.07) is 3.07. The van der Waals surface area contributed by atoms with E-state index in [1.807, 2.05) is 0 Å². The fourth-order valence-electron chi connectivity index (χ4n) is 2.21. The molecule has 1 heterocycles. The van der Waals surface area contributed by atoms with Crippen LogP contribution in [0.15, 0.2) is 17.2 Å². The van der Waals surface area contributed by atoms with Gasteiger partial charge in [0, 0.05) is 13.2 Å². The molecule has 26 heavy (non-hydrogen) atoms. The van der Waals surface area contributed by atoms with Gasteiger partial charge in [0.2, 0.25) is 0 Å². The molecule has 0 bridgehead atoms. The molecule has 2 N–H and O–H groups in total. The van der Waals surface area contributed by atoms with Crippen LogP contribution >= 0.6 is 23.2 Å². The molecule has 0 spiro atoms. The van der Waals surface area contributed by atoms with Crippen LogP contribution in [-0.4, -0.2) is 43.9 Å². The van der Waals surface area contributed by atoms with E-state index < -0.39 is 11.8 Å². The fraction of sp³-hybridized carbons (Fsp3) is 0.353. The van der Waals surface area contributed by atoms with Crippen LogP contribution in [0, 0.1) is 12.3 Å². The third kappa shape index (κ3) is 5.92. The van der Waals surface area contributed by atoms with E-state index in [2.05, 4.69) is 21.8 Å². The molecule has 0 radical (unpaired) electrons. The molecule has 7 nitrogen and oxygen atoms in total. The van der Waals surface area contributed by atoms with Gasteiger partial charge in [0.25, 0.3) is 0 Å². The minimum Gasteiger partial charge on any atom is -0.478 e. The van der Waals surface area contributed by atoms with E-state index in [9.17, 15) is 9.59 Å². The highest BCUT2D eigenvalue weighted by Gasteiger charge is 2.19. The lowest BCUT2D eigenvalue weighted by molar-refractivity contribution is -0.139. The van der Waals surface area contributed by atoms with E-state index >= 15 is 0 Å². The number of terminal acetylenes is 1. The molecular formula is C17H17Cl2N3O4. The summed E-state index contributed by atoms with van der Waals surface area (Å²) in [7, 11) is 0. The Morgan fingerprint density at radius 1 is 1.38 bits per heavy atom. The largest absolute Gasteiger partial charge is 0.478 e. The van der Waals surface area contributed by atoms with Gasteiger partial charge in [0.15, 0.2) is 5.75 Å². The van der Waals surface area contributed by atoms with Crippen LogP contribution in [0.3, 0.4) is 0 Å². The van der Waals surface area contributed by atoms with E-state index in [0.29, 0.717) is 18.7 Å². The first-order valence-electron chi connectivity index (χ1n) is 7.79. The quantitative estimate of drug-likeness (QED) is 0.331. The van der Waals surface area contributed by atoms with Crippen molar-refractivity contribution in [2.45, 2.75) is 18.9 Å². The Kier molecular flexibility index (Phi) is 7.73. The number of halogens is 2. The van der Waals surface area contributed by atoms with E-state index in [1.165, 1.54) is 18.3 Å². The van der Waals surface area contributed by atoms with Gasteiger partial charge in [-0.15, -0.1) is 6.42 Å². The first kappa shape index (κ1) is 20.0. The third-order valence-electron chi connectivity index (χ3n) is 3.42. The first-order chi connectivity index (χ1) is 12.5. The van der Waals surface area contributed by atoms with Crippen LogP contribution < -0.4 is 15.5 Å². The molecule has 138 valence electrons. The maximum absolute atomic E-state index is 11.7. The summed E-state index contributed by atoms with van der Waals surface area (Å²) < 4.78 is 10.6. The van der Waals surface area contributed by atoms with E-state index in [4.69, 9.17) is 39.1 Å². The average molecular weight is 398 g/mol. The summed E-state index contributed by atoms with van der Waals surface area (Å²) >= 11 is 12.1. The van der Waals surface area contributed by atoms with Crippen molar-refractivity contribution >= 4 is 41.2 Å². The number of amides is 2. The molecule has 2 rings (SSSR count). The van der Waals surface area contributed by atoms with Crippen molar-refractivity contribution in [3.8, 4) is 18.1 Å². The molecule has 1 aliphatic heterocycles. The summed E-state index contributed by atoms with van der Waals surface area (Å²) in [5.74, 6) is 0.907. The zero-order chi connectivity index (χ0) is 18.9. The van der Waals surface area contributed by atoms with Crippen LogP contribution in [0.25, 0.3) is 0 Å². The van der Waals surface area contributed by atoms with E-state index in [1.54, 1.807) is 0 Å². The number of nitrogens with one attached hydrogen (secondary N) is 2. The lowest BCUT2D eigenvalue weighted by Gasteiger charge is -2.09. The molecule has 1 fully saturated rings. The van der Waals surface area contributed by atoms with E-state index in [0.717, 1.165) is 12.8 Å². The Bertz CT molecular complexity index is 717. The summed E-state index contributed by atoms with van der Waals surface area (Å²) in [6.07, 6.45) is 8.19. The Hall–Kier alpha value is -2.27. The highest BCUT2D eigenvalue weighted by molar-refractivity contribution is 6.37. The topological polar surface area (TPSA) is 89.0 Å². The molecule has 9 heteroatoms. The standard InChI is InChI=1S/C17H17Cl2N3O4/c1-2-5-26-15-13(18)7-11(8-14(15)19)9-21-22-17(24)16(23)20-10-12-4-3-6-25-12/h1,7-9,12H,3-6,10H2,(H,20,23)(H,22,24)/b21-9-/t12-/m0/s1. The van der Waals surface area contributed by atoms with Crippen LogP contribution in [-0.2, 0) is 14.3 Å². The average Bonchev–Trinajstić information content (AvgIpc) is 3.12. The maximum Gasteiger partial charge on any atom is 0.329 e. The van der Waals surface area contributed by atoms with Gasteiger partial charge in [-0.05, 0) is 30.5 Å². The third-order valence-corrected chi connectivity index (χ3v) is 3.98. The number of nitrogens with zero attached hydrogens (tertiary/aromatic N) is 1. The SMILES string of the molecule is C#CCOc1c(Cl)cc(/C=N\NC(=O)C(=O)NC[C@@H]2CCCO2)cc1Cl. The predicted octanol–water partition coefficient (Wildman–Crippen LogP) is 1.75. The summed E-state index contributed by atoms with van der Waals surface area (Å²) in [5, 5.41) is 6.69. The van der Waals surface area contributed by atoms with Gasteiger partial charge in [-0.25, -0.2) is 5.43 Å². The molecule has 0 aliphatic carbocycles. The highest BCUT2D eigenvalue weighted by atomic mass is 35.5. The lowest BCUT2D eigenvalue weighted by atomic mass is 10.2. The zero-order valence-electron chi connectivity index (χ0n) is 13.8. The molecule has 1 aromatic carbocycles. The van der Waals surface area contributed by atoms with Gasteiger partial charge in [-0.1, -0.05) is 29.1 Å². The molecule has 1 atom stereocenters. The van der Waals surface area contributed by atoms with E-state index in [-0.39, 0.29) is 28.5 Å². The second-order valence-electron chi connectivity index (χ2n) is 5.35. The number of carbonyl (C=O) groups is 2. The molecule has 0 aromatic heterocycles. The molecule has 0 unspecified atom stereocenters. The Labute approximate surface area is 161 Å². The number of rotatable bonds is 6. The van der Waals surface area contributed by atoms with Gasteiger partial charge in [0.1, 0.15) is 6.61 Å². The van der Waals surface area contributed by atoms with Crippen molar-refractivity contribution in [3.63, 3.8) is 0 Å². The molecule has 2 amide bonds. The number of benzene rings is 1. The van der Waals surface area contributed by atoms with Crippen molar-refractivity contribution in [2.75, 3.05) is 19.8 Å². The zero-order valence-corrected chi connectivity index (χ0v) is 15.3. The van der Waals surface area contributed by atoms with Gasteiger partial charge < -0.3 is 14.8 Å². The normalized spacial score (nSPS) is 16.3. The van der Waals surface area contributed by atoms with Crippen molar-refractivity contribution in [1.82, 2.24) is 10.7 Å². The van der Waals surface area contributed by atoms with Gasteiger partial charge >= 0.3 is 11.8 Å². The number of ether oxygens (including phenoxy) is 2. The molecular weight excluding hydrogens is 381 g/mol. The monoisotopic (exact) mass is 397 g/mol. The van der Waals surface area contributed by atoms with Crippen molar-refractivity contribution in [1.29, 1.82) is 0 Å². The van der Waals surface area contributed by atoms with Gasteiger partial charge in [-0.3, -0.25) is 9.59 Å². The lowest BCUT2D eigenvalue weighted by Crippen LogP contribution is -2.41. The second-order valence-corrected chi connectivity index (χ2v) is 6.17. The minimum absolute atomic E-state index is 0.0317. The number of carbonyl (C=O) groups excluding carboxylic acids is 2. The number of hydrogen-bond acceptors (Lipinski definition) is 5. The molecule has 1 saturated heterocycles. The second kappa shape index (κ2) is 10.0. The summed E-state index contributed by atoms with van der Waals surface area (Å²) in [4.78, 5) is 23.3. The van der Waals surface area contributed by atoms with Crippen molar-refractivity contribution < 1.29 is 19.1 Å². The minimum atomic E-state index is -0.884. The Balaban J connectivity index is 1.85. The molecule has 1 aliphatic rings. The van der Waals surface area contributed by atoms with Crippen molar-refractivity contribution in [2.24, 2.45) is 5.10 Å². The Morgan fingerprint density at radius 3 is 2.73 bits per heavy atom. The smallest absolute Gasteiger partial charge is 0.329 e. The highest BCUT2D eigenvalue weighted by Crippen LogP contribution is 2.33. The fourth-order valence-corrected chi connectivity index (χ4v) is 2.83. The predicted molar refractivity (Wildman–Crippen MR) is 98.5 cm³/mol. The Morgan fingerprint density at radius 2 is 2.12 bits per heavy atom. The molecule has 0 saturated carbocycles. The first-order valence-corrected chi connectivity index (χ1v) is 8.55. The van der Waals surface area contributed by atoms with Crippen LogP contribution in [0.1, 0.15) is 18.4 Å². The number of hydrogen-bond donors (Lipinski definition) is 2. The summed E-state index contributed by atoms with van der Waals surface area (Å²) in [5.41, 5.74) is 2.64. The maximum atomic E-state index is 11.7. The van der Waals surface area contributed by atoms with Crippen LogP contribution in [0.4, 0.5) is 0 Å². The number of hydrazone groups is 1. The van der Waals surface area contributed by atoms with Crippen molar-refractivity contribution in [3.05, 3.63) is 27.7 Å². The van der Waals surface area contributed by atoms with Crippen LogP contribution in [0.5, 0.6) is 5.75 Å². The van der Waals surface area contributed by atoms with Gasteiger partial charge in [0.05, 0.1) is 22.4 Å². The summed E-state index contributed by atoms with van der Waals surface area (Å²) in [6.45, 7) is 0.999. The van der Waals surface area contributed by atoms with Gasteiger partial charge in [-0.2, -0.15) is 5.10 Å². The van der Waals surface area contributed by atoms with Crippen LogP contribution in [0.2, 0.25) is 10.0 Å². The molecule has 1 aromatic rings.